The maximum absolute atomic E-state index is 13.9. The van der Waals surface area contributed by atoms with Crippen LogP contribution in [0.4, 0.5) is 18.9 Å². The average molecular weight is 497 g/mol. The average Bonchev–Trinajstić information content (AvgIpc) is 3.21. The Morgan fingerprint density at radius 3 is 2.56 bits per heavy atom. The van der Waals surface area contributed by atoms with Crippen LogP contribution in [0, 0.1) is 5.82 Å². The zero-order chi connectivity index (χ0) is 24.5. The van der Waals surface area contributed by atoms with Gasteiger partial charge in [-0.2, -0.15) is 8.78 Å². The Morgan fingerprint density at radius 1 is 1.15 bits per heavy atom. The first-order valence-corrected chi connectivity index (χ1v) is 11.1. The number of rotatable bonds is 12. The molecular weight excluding hydrogens is 473 g/mol. The lowest BCUT2D eigenvalue weighted by molar-refractivity contribution is -0.113. The highest BCUT2D eigenvalue weighted by atomic mass is 32.2. The summed E-state index contributed by atoms with van der Waals surface area (Å²) in [7, 11) is 1.56. The summed E-state index contributed by atoms with van der Waals surface area (Å²) in [6.45, 7) is -0.692. The van der Waals surface area contributed by atoms with Crippen molar-refractivity contribution in [3.05, 3.63) is 60.2 Å². The van der Waals surface area contributed by atoms with E-state index in [0.29, 0.717) is 23.3 Å². The van der Waals surface area contributed by atoms with Gasteiger partial charge in [0.1, 0.15) is 12.4 Å². The van der Waals surface area contributed by atoms with E-state index in [0.717, 1.165) is 11.8 Å². The number of alkyl halides is 2. The minimum atomic E-state index is -2.92. The van der Waals surface area contributed by atoms with Crippen molar-refractivity contribution in [3.8, 4) is 11.5 Å². The minimum absolute atomic E-state index is 0.00672. The number of carbonyl (C=O) groups excluding carboxylic acids is 1. The highest BCUT2D eigenvalue weighted by molar-refractivity contribution is 7.99. The molecule has 0 spiro atoms. The third kappa shape index (κ3) is 7.12. The molecule has 1 atom stereocenters. The van der Waals surface area contributed by atoms with Crippen LogP contribution in [0.1, 0.15) is 18.8 Å². The van der Waals surface area contributed by atoms with E-state index in [2.05, 4.69) is 20.3 Å². The number of methoxy groups -OCH3 is 1. The molecule has 0 saturated carbocycles. The fourth-order valence-corrected chi connectivity index (χ4v) is 3.87. The Hall–Kier alpha value is -3.25. The van der Waals surface area contributed by atoms with Gasteiger partial charge in [0.2, 0.25) is 5.91 Å². The van der Waals surface area contributed by atoms with E-state index in [1.807, 2.05) is 6.92 Å². The minimum Gasteiger partial charge on any atom is -0.483 e. The first-order chi connectivity index (χ1) is 16.4. The normalized spacial score (nSPS) is 11.9. The summed E-state index contributed by atoms with van der Waals surface area (Å²) >= 11 is 1.15. The number of anilines is 1. The molecule has 0 aliphatic carbocycles. The summed E-state index contributed by atoms with van der Waals surface area (Å²) in [5, 5.41) is 11.4. The van der Waals surface area contributed by atoms with E-state index in [9.17, 15) is 18.0 Å². The molecule has 1 N–H and O–H groups in total. The second-order valence-corrected chi connectivity index (χ2v) is 7.97. The molecule has 8 nitrogen and oxygen atoms in total. The first kappa shape index (κ1) is 25.4. The van der Waals surface area contributed by atoms with E-state index in [4.69, 9.17) is 9.47 Å². The molecule has 182 valence electrons. The van der Waals surface area contributed by atoms with Gasteiger partial charge in [-0.05, 0) is 43.3 Å². The van der Waals surface area contributed by atoms with E-state index in [1.165, 1.54) is 36.4 Å². The number of hydrogen-bond donors (Lipinski definition) is 1. The Labute approximate surface area is 198 Å². The summed E-state index contributed by atoms with van der Waals surface area (Å²) in [4.78, 5) is 12.4. The zero-order valence-corrected chi connectivity index (χ0v) is 19.2. The van der Waals surface area contributed by atoms with Crippen molar-refractivity contribution in [2.24, 2.45) is 0 Å². The number of nitrogens with zero attached hydrogens (tertiary/aromatic N) is 3. The molecule has 1 amide bonds. The predicted octanol–water partition coefficient (Wildman–Crippen LogP) is 4.54. The second-order valence-electron chi connectivity index (χ2n) is 7.03. The number of amides is 1. The van der Waals surface area contributed by atoms with Gasteiger partial charge < -0.3 is 19.5 Å². The van der Waals surface area contributed by atoms with Gasteiger partial charge in [-0.1, -0.05) is 23.9 Å². The number of carbonyl (C=O) groups is 1. The Morgan fingerprint density at radius 2 is 1.88 bits per heavy atom. The standard InChI is InChI=1S/C22H23F3N4O4S/c1-14(11-31-2)29-19(12-32-18-6-4-3-5-17(18)23)27-28-22(29)34-13-20(30)26-15-7-9-16(10-8-15)33-21(24)25/h3-10,14,21H,11-13H2,1-2H3,(H,26,30). The summed E-state index contributed by atoms with van der Waals surface area (Å²) < 4.78 is 55.2. The fourth-order valence-electron chi connectivity index (χ4n) is 3.01. The molecule has 0 bridgehead atoms. The first-order valence-electron chi connectivity index (χ1n) is 10.1. The van der Waals surface area contributed by atoms with Gasteiger partial charge in [0.15, 0.2) is 22.5 Å². The molecule has 0 radical (unpaired) electrons. The molecule has 1 aromatic heterocycles. The molecule has 3 aromatic rings. The van der Waals surface area contributed by atoms with Crippen LogP contribution in [0.3, 0.4) is 0 Å². The molecule has 1 unspecified atom stereocenters. The molecule has 34 heavy (non-hydrogen) atoms. The van der Waals surface area contributed by atoms with Crippen LogP contribution >= 0.6 is 11.8 Å². The van der Waals surface area contributed by atoms with E-state index in [-0.39, 0.29) is 35.8 Å². The smallest absolute Gasteiger partial charge is 0.387 e. The Balaban J connectivity index is 1.63. The maximum atomic E-state index is 13.9. The van der Waals surface area contributed by atoms with Crippen LogP contribution in [-0.4, -0.2) is 46.8 Å². The number of aromatic nitrogens is 3. The van der Waals surface area contributed by atoms with Crippen LogP contribution in [0.15, 0.2) is 53.7 Å². The molecule has 0 saturated heterocycles. The summed E-state index contributed by atoms with van der Waals surface area (Å²) in [6, 6.07) is 11.5. The maximum Gasteiger partial charge on any atom is 0.387 e. The number of para-hydroxylation sites is 1. The van der Waals surface area contributed by atoms with Crippen molar-refractivity contribution in [3.63, 3.8) is 0 Å². The molecule has 12 heteroatoms. The lowest BCUT2D eigenvalue weighted by Crippen LogP contribution is -2.18. The van der Waals surface area contributed by atoms with Crippen LogP contribution in [-0.2, 0) is 16.1 Å². The number of hydrogen-bond acceptors (Lipinski definition) is 7. The van der Waals surface area contributed by atoms with Gasteiger partial charge in [0.05, 0.1) is 18.4 Å². The molecule has 0 aliphatic heterocycles. The summed E-state index contributed by atoms with van der Waals surface area (Å²) in [6.07, 6.45) is 0. The van der Waals surface area contributed by atoms with Gasteiger partial charge in [-0.3, -0.25) is 9.36 Å². The lowest BCUT2D eigenvalue weighted by atomic mass is 10.3. The largest absolute Gasteiger partial charge is 0.483 e. The van der Waals surface area contributed by atoms with Crippen LogP contribution in [0.25, 0.3) is 0 Å². The fraction of sp³-hybridized carbons (Fsp3) is 0.318. The highest BCUT2D eigenvalue weighted by Crippen LogP contribution is 2.24. The van der Waals surface area contributed by atoms with Crippen molar-refractivity contribution in [2.75, 3.05) is 24.8 Å². The topological polar surface area (TPSA) is 87.5 Å². The number of ether oxygens (including phenoxy) is 3. The predicted molar refractivity (Wildman–Crippen MR) is 120 cm³/mol. The van der Waals surface area contributed by atoms with E-state index in [1.54, 1.807) is 23.8 Å². The molecule has 1 heterocycles. The summed E-state index contributed by atoms with van der Waals surface area (Å²) in [5.41, 5.74) is 0.431. The van der Waals surface area contributed by atoms with Gasteiger partial charge in [-0.15, -0.1) is 10.2 Å². The van der Waals surface area contributed by atoms with Crippen molar-refractivity contribution in [2.45, 2.75) is 31.3 Å². The van der Waals surface area contributed by atoms with Crippen molar-refractivity contribution in [1.29, 1.82) is 0 Å². The monoisotopic (exact) mass is 496 g/mol. The van der Waals surface area contributed by atoms with Crippen LogP contribution in [0.2, 0.25) is 0 Å². The van der Waals surface area contributed by atoms with Gasteiger partial charge in [0.25, 0.3) is 0 Å². The molecular formula is C22H23F3N4O4S. The van der Waals surface area contributed by atoms with Gasteiger partial charge >= 0.3 is 6.61 Å². The van der Waals surface area contributed by atoms with Gasteiger partial charge in [-0.25, -0.2) is 4.39 Å². The third-order valence-electron chi connectivity index (χ3n) is 4.47. The zero-order valence-electron chi connectivity index (χ0n) is 18.4. The van der Waals surface area contributed by atoms with Crippen molar-refractivity contribution in [1.82, 2.24) is 14.8 Å². The molecule has 2 aromatic carbocycles. The van der Waals surface area contributed by atoms with Crippen molar-refractivity contribution < 1.29 is 32.2 Å². The molecule has 3 rings (SSSR count). The second kappa shape index (κ2) is 12.3. The summed E-state index contributed by atoms with van der Waals surface area (Å²) in [5.74, 6) is -0.265. The Kier molecular flexibility index (Phi) is 9.16. The third-order valence-corrected chi connectivity index (χ3v) is 5.42. The number of nitrogens with one attached hydrogen (secondary N) is 1. The molecule has 0 fully saturated rings. The number of thioether (sulfide) groups is 1. The van der Waals surface area contributed by atoms with Crippen LogP contribution < -0.4 is 14.8 Å². The quantitative estimate of drug-likeness (QED) is 0.369. The SMILES string of the molecule is COCC(C)n1c(COc2ccccc2F)nnc1SCC(=O)Nc1ccc(OC(F)F)cc1. The van der Waals surface area contributed by atoms with Gasteiger partial charge in [0, 0.05) is 12.8 Å². The molecule has 0 aliphatic rings. The van der Waals surface area contributed by atoms with Crippen molar-refractivity contribution >= 4 is 23.4 Å². The number of benzene rings is 2. The number of halogens is 3. The highest BCUT2D eigenvalue weighted by Gasteiger charge is 2.20. The Bertz CT molecular complexity index is 1080. The lowest BCUT2D eigenvalue weighted by Gasteiger charge is -2.17. The van der Waals surface area contributed by atoms with E-state index >= 15 is 0 Å². The van der Waals surface area contributed by atoms with E-state index < -0.39 is 12.4 Å². The van der Waals surface area contributed by atoms with Crippen LogP contribution in [0.5, 0.6) is 11.5 Å².